The number of benzene rings is 2. The summed E-state index contributed by atoms with van der Waals surface area (Å²) >= 11 is 0. The molecule has 0 saturated heterocycles. The standard InChI is InChI=1S/C23H29N3OSi/c1-16-7-9-17(10-8-16)20-15-25-22(24)21(26-20)18-11-13-19(14-12-18)27-28(5,6)23(2,3)4/h7-15H,1-6H3,(H2,24,25). The number of nitrogen functional groups attached to an aromatic ring is 1. The largest absolute Gasteiger partial charge is 0.544 e. The molecule has 0 spiro atoms. The first-order chi connectivity index (χ1) is 13.1. The summed E-state index contributed by atoms with van der Waals surface area (Å²) in [4.78, 5) is 9.13. The summed E-state index contributed by atoms with van der Waals surface area (Å²) in [6.07, 6.45) is 1.72. The summed E-state index contributed by atoms with van der Waals surface area (Å²) < 4.78 is 6.36. The lowest BCUT2D eigenvalue weighted by Crippen LogP contribution is -2.43. The molecule has 0 aliphatic heterocycles. The Balaban J connectivity index is 1.89. The monoisotopic (exact) mass is 391 g/mol. The molecule has 2 N–H and O–H groups in total. The van der Waals surface area contributed by atoms with Crippen molar-refractivity contribution in [2.45, 2.75) is 45.8 Å². The summed E-state index contributed by atoms with van der Waals surface area (Å²) in [5.41, 5.74) is 10.8. The van der Waals surface area contributed by atoms with Gasteiger partial charge in [-0.2, -0.15) is 0 Å². The molecule has 5 heteroatoms. The second kappa shape index (κ2) is 7.39. The first-order valence-corrected chi connectivity index (χ1v) is 12.5. The predicted octanol–water partition coefficient (Wildman–Crippen LogP) is 6.09. The number of aromatic nitrogens is 2. The van der Waals surface area contributed by atoms with E-state index in [0.29, 0.717) is 11.5 Å². The molecule has 0 aliphatic rings. The minimum Gasteiger partial charge on any atom is -0.544 e. The average Bonchev–Trinajstić information content (AvgIpc) is 2.62. The highest BCUT2D eigenvalue weighted by Gasteiger charge is 2.38. The van der Waals surface area contributed by atoms with Crippen LogP contribution >= 0.6 is 0 Å². The Labute approximate surface area is 168 Å². The lowest BCUT2D eigenvalue weighted by molar-refractivity contribution is 0.492. The number of nitrogens with two attached hydrogens (primary N) is 1. The summed E-state index contributed by atoms with van der Waals surface area (Å²) in [5, 5.41) is 0.157. The molecule has 0 fully saturated rings. The highest BCUT2D eigenvalue weighted by molar-refractivity contribution is 6.74. The van der Waals surface area contributed by atoms with Crippen LogP contribution in [-0.4, -0.2) is 18.3 Å². The SMILES string of the molecule is Cc1ccc(-c2cnc(N)c(-c3ccc(O[Si](C)(C)C(C)(C)C)cc3)n2)cc1. The predicted molar refractivity (Wildman–Crippen MR) is 120 cm³/mol. The van der Waals surface area contributed by atoms with Gasteiger partial charge in [0.2, 0.25) is 8.32 Å². The maximum absolute atomic E-state index is 6.36. The summed E-state index contributed by atoms with van der Waals surface area (Å²) in [5.74, 6) is 1.31. The molecule has 0 atom stereocenters. The van der Waals surface area contributed by atoms with Crippen LogP contribution in [0, 0.1) is 6.92 Å². The van der Waals surface area contributed by atoms with Crippen LogP contribution in [0.2, 0.25) is 18.1 Å². The fourth-order valence-corrected chi connectivity index (χ4v) is 3.63. The van der Waals surface area contributed by atoms with Gasteiger partial charge in [0.1, 0.15) is 17.3 Å². The van der Waals surface area contributed by atoms with E-state index < -0.39 is 8.32 Å². The number of aryl methyl sites for hydroxylation is 1. The van der Waals surface area contributed by atoms with Crippen molar-refractivity contribution in [3.8, 4) is 28.3 Å². The molecule has 3 rings (SSSR count). The van der Waals surface area contributed by atoms with E-state index in [-0.39, 0.29) is 5.04 Å². The molecule has 146 valence electrons. The van der Waals surface area contributed by atoms with Gasteiger partial charge in [-0.15, -0.1) is 0 Å². The lowest BCUT2D eigenvalue weighted by Gasteiger charge is -2.36. The van der Waals surface area contributed by atoms with Crippen LogP contribution in [0.4, 0.5) is 5.82 Å². The van der Waals surface area contributed by atoms with Gasteiger partial charge in [0.25, 0.3) is 0 Å². The molecule has 1 aromatic heterocycles. The third kappa shape index (κ3) is 4.25. The Hall–Kier alpha value is -2.66. The van der Waals surface area contributed by atoms with Crippen molar-refractivity contribution < 1.29 is 4.43 Å². The molecule has 28 heavy (non-hydrogen) atoms. The molecule has 0 radical (unpaired) electrons. The average molecular weight is 392 g/mol. The zero-order valence-electron chi connectivity index (χ0n) is 17.6. The number of rotatable bonds is 4. The van der Waals surface area contributed by atoms with Gasteiger partial charge in [-0.25, -0.2) is 9.97 Å². The van der Waals surface area contributed by atoms with E-state index >= 15 is 0 Å². The van der Waals surface area contributed by atoms with Crippen molar-refractivity contribution in [1.29, 1.82) is 0 Å². The Bertz CT molecular complexity index is 959. The molecule has 0 saturated carbocycles. The van der Waals surface area contributed by atoms with E-state index in [4.69, 9.17) is 15.1 Å². The minimum atomic E-state index is -1.86. The van der Waals surface area contributed by atoms with Crippen LogP contribution in [0.5, 0.6) is 5.75 Å². The lowest BCUT2D eigenvalue weighted by atomic mass is 10.1. The van der Waals surface area contributed by atoms with Gasteiger partial charge in [-0.3, -0.25) is 0 Å². The third-order valence-electron chi connectivity index (χ3n) is 5.46. The first kappa shape index (κ1) is 20.1. The maximum Gasteiger partial charge on any atom is 0.250 e. The van der Waals surface area contributed by atoms with E-state index in [1.165, 1.54) is 5.56 Å². The topological polar surface area (TPSA) is 61.0 Å². The van der Waals surface area contributed by atoms with Crippen molar-refractivity contribution in [1.82, 2.24) is 9.97 Å². The summed E-state index contributed by atoms with van der Waals surface area (Å²) in [7, 11) is -1.86. The van der Waals surface area contributed by atoms with Crippen molar-refractivity contribution in [2.75, 3.05) is 5.73 Å². The van der Waals surface area contributed by atoms with E-state index in [2.05, 4.69) is 70.0 Å². The summed E-state index contributed by atoms with van der Waals surface area (Å²) in [6.45, 7) is 13.3. The molecule has 3 aromatic rings. The smallest absolute Gasteiger partial charge is 0.250 e. The van der Waals surface area contributed by atoms with Gasteiger partial charge in [-0.1, -0.05) is 50.6 Å². The number of hydrogen-bond acceptors (Lipinski definition) is 4. The molecule has 1 heterocycles. The van der Waals surface area contributed by atoms with Gasteiger partial charge in [0.05, 0.1) is 11.9 Å². The third-order valence-corrected chi connectivity index (χ3v) is 9.81. The van der Waals surface area contributed by atoms with Crippen LogP contribution in [0.1, 0.15) is 26.3 Å². The number of nitrogens with zero attached hydrogens (tertiary/aromatic N) is 2. The second-order valence-corrected chi connectivity index (χ2v) is 13.5. The molecule has 0 unspecified atom stereocenters. The van der Waals surface area contributed by atoms with Gasteiger partial charge in [-0.05, 0) is 49.3 Å². The Morgan fingerprint density at radius 1 is 0.893 bits per heavy atom. The molecule has 2 aromatic carbocycles. The second-order valence-electron chi connectivity index (χ2n) is 8.74. The molecular formula is C23H29N3OSi. The van der Waals surface area contributed by atoms with E-state index in [1.807, 2.05) is 24.3 Å². The van der Waals surface area contributed by atoms with Crippen LogP contribution in [0.3, 0.4) is 0 Å². The molecule has 0 aliphatic carbocycles. The van der Waals surface area contributed by atoms with Crippen LogP contribution in [0.25, 0.3) is 22.5 Å². The fraction of sp³-hybridized carbons (Fsp3) is 0.304. The Morgan fingerprint density at radius 3 is 2.04 bits per heavy atom. The van der Waals surface area contributed by atoms with Crippen molar-refractivity contribution in [3.63, 3.8) is 0 Å². The Morgan fingerprint density at radius 2 is 1.46 bits per heavy atom. The van der Waals surface area contributed by atoms with Gasteiger partial charge in [0, 0.05) is 11.1 Å². The number of anilines is 1. The van der Waals surface area contributed by atoms with E-state index in [9.17, 15) is 0 Å². The quantitative estimate of drug-likeness (QED) is 0.547. The van der Waals surface area contributed by atoms with Crippen molar-refractivity contribution >= 4 is 14.1 Å². The van der Waals surface area contributed by atoms with Crippen LogP contribution in [0.15, 0.2) is 54.7 Å². The van der Waals surface area contributed by atoms with Crippen molar-refractivity contribution in [3.05, 3.63) is 60.3 Å². The Kier molecular flexibility index (Phi) is 5.30. The van der Waals surface area contributed by atoms with Crippen LogP contribution in [-0.2, 0) is 0 Å². The summed E-state index contributed by atoms with van der Waals surface area (Å²) in [6, 6.07) is 16.2. The van der Waals surface area contributed by atoms with Crippen LogP contribution < -0.4 is 10.2 Å². The van der Waals surface area contributed by atoms with Crippen molar-refractivity contribution in [2.24, 2.45) is 0 Å². The molecule has 0 amide bonds. The highest BCUT2D eigenvalue weighted by Crippen LogP contribution is 2.37. The zero-order valence-corrected chi connectivity index (χ0v) is 18.6. The number of hydrogen-bond donors (Lipinski definition) is 1. The normalized spacial score (nSPS) is 12.1. The van der Waals surface area contributed by atoms with Gasteiger partial charge < -0.3 is 10.2 Å². The van der Waals surface area contributed by atoms with Gasteiger partial charge in [0.15, 0.2) is 0 Å². The fourth-order valence-electron chi connectivity index (χ4n) is 2.60. The molecule has 0 bridgehead atoms. The molecular weight excluding hydrogens is 362 g/mol. The van der Waals surface area contributed by atoms with Gasteiger partial charge >= 0.3 is 0 Å². The van der Waals surface area contributed by atoms with E-state index in [0.717, 1.165) is 22.6 Å². The zero-order chi connectivity index (χ0) is 20.5. The van der Waals surface area contributed by atoms with E-state index in [1.54, 1.807) is 6.20 Å². The maximum atomic E-state index is 6.36. The highest BCUT2D eigenvalue weighted by atomic mass is 28.4. The first-order valence-electron chi connectivity index (χ1n) is 9.56. The molecule has 4 nitrogen and oxygen atoms in total. The minimum absolute atomic E-state index is 0.157.